The zero-order chi connectivity index (χ0) is 13.3. The van der Waals surface area contributed by atoms with E-state index in [-0.39, 0.29) is 12.2 Å². The Morgan fingerprint density at radius 1 is 1.29 bits per heavy atom. The van der Waals surface area contributed by atoms with Gasteiger partial charge in [0.15, 0.2) is 5.78 Å². The number of carbonyl (C=O) groups is 3. The minimum absolute atomic E-state index is 0.172. The van der Waals surface area contributed by atoms with Gasteiger partial charge in [-0.15, -0.1) is 0 Å². The lowest BCUT2D eigenvalue weighted by Gasteiger charge is -2.14. The predicted molar refractivity (Wildman–Crippen MR) is 60.5 cm³/mol. The summed E-state index contributed by atoms with van der Waals surface area (Å²) in [5.41, 5.74) is 0. The van der Waals surface area contributed by atoms with Gasteiger partial charge in [-0.3, -0.25) is 9.59 Å². The van der Waals surface area contributed by atoms with Gasteiger partial charge in [0.25, 0.3) is 0 Å². The Morgan fingerprint density at radius 2 is 1.94 bits per heavy atom. The van der Waals surface area contributed by atoms with E-state index in [2.05, 4.69) is 10.1 Å². The highest BCUT2D eigenvalue weighted by Gasteiger charge is 2.21. The van der Waals surface area contributed by atoms with Crippen molar-refractivity contribution in [1.29, 1.82) is 0 Å². The van der Waals surface area contributed by atoms with Gasteiger partial charge in [-0.2, -0.15) is 0 Å². The second kappa shape index (κ2) is 8.55. The zero-order valence-corrected chi connectivity index (χ0v) is 10.4. The number of carbonyl (C=O) groups excluding carboxylic acids is 3. The van der Waals surface area contributed by atoms with Crippen LogP contribution in [-0.2, 0) is 19.1 Å². The van der Waals surface area contributed by atoms with E-state index in [1.165, 1.54) is 14.0 Å². The molecule has 1 atom stereocenters. The molecule has 0 fully saturated rings. The Balaban J connectivity index is 4.11. The van der Waals surface area contributed by atoms with Gasteiger partial charge in [0.1, 0.15) is 6.04 Å². The highest BCUT2D eigenvalue weighted by molar-refractivity contribution is 5.89. The molecule has 98 valence electrons. The summed E-state index contributed by atoms with van der Waals surface area (Å²) in [4.78, 5) is 33.4. The van der Waals surface area contributed by atoms with Crippen molar-refractivity contribution in [2.24, 2.45) is 0 Å². The van der Waals surface area contributed by atoms with Crippen LogP contribution in [0.2, 0.25) is 0 Å². The fourth-order valence-corrected chi connectivity index (χ4v) is 1.05. The van der Waals surface area contributed by atoms with Crippen molar-refractivity contribution in [1.82, 2.24) is 5.32 Å². The number of rotatable bonds is 7. The lowest BCUT2D eigenvalue weighted by molar-refractivity contribution is -0.145. The molecular formula is C11H19NO5. The van der Waals surface area contributed by atoms with Gasteiger partial charge in [-0.1, -0.05) is 13.3 Å². The van der Waals surface area contributed by atoms with Gasteiger partial charge >= 0.3 is 12.1 Å². The molecule has 6 heteroatoms. The molecule has 0 bridgehead atoms. The molecule has 0 spiro atoms. The van der Waals surface area contributed by atoms with E-state index in [4.69, 9.17) is 4.74 Å². The van der Waals surface area contributed by atoms with Crippen LogP contribution in [0.1, 0.15) is 33.1 Å². The number of methoxy groups -OCH3 is 1. The average Bonchev–Trinajstić information content (AvgIpc) is 2.28. The van der Waals surface area contributed by atoms with Crippen molar-refractivity contribution in [2.45, 2.75) is 39.2 Å². The predicted octanol–water partition coefficient (Wildman–Crippen LogP) is 1.03. The summed E-state index contributed by atoms with van der Waals surface area (Å²) in [7, 11) is 1.19. The molecular weight excluding hydrogens is 226 g/mol. The smallest absolute Gasteiger partial charge is 0.407 e. The second-order valence-corrected chi connectivity index (χ2v) is 3.58. The number of amides is 1. The molecule has 0 rings (SSSR count). The standard InChI is InChI=1S/C11H19NO5/c1-4-5-6-17-10(14)7-9(8(2)13)12-11(15)16-3/h9H,4-7H2,1-3H3,(H,12,15)/t9-/m0/s1. The molecule has 17 heavy (non-hydrogen) atoms. The molecule has 0 aromatic heterocycles. The fraction of sp³-hybridized carbons (Fsp3) is 0.727. The molecule has 1 N–H and O–H groups in total. The number of esters is 1. The number of Topliss-reactive ketones (excluding diaryl/α,β-unsaturated/α-hetero) is 1. The van der Waals surface area contributed by atoms with Crippen molar-refractivity contribution in [3.05, 3.63) is 0 Å². The first-order valence-electron chi connectivity index (χ1n) is 5.51. The van der Waals surface area contributed by atoms with Crippen LogP contribution >= 0.6 is 0 Å². The van der Waals surface area contributed by atoms with E-state index in [9.17, 15) is 14.4 Å². The summed E-state index contributed by atoms with van der Waals surface area (Å²) in [6.07, 6.45) is 0.783. The van der Waals surface area contributed by atoms with Crippen LogP contribution in [0, 0.1) is 0 Å². The van der Waals surface area contributed by atoms with Crippen LogP contribution in [-0.4, -0.2) is 37.6 Å². The molecule has 0 saturated heterocycles. The van der Waals surface area contributed by atoms with Gasteiger partial charge in [-0.05, 0) is 13.3 Å². The normalized spacial score (nSPS) is 11.5. The topological polar surface area (TPSA) is 81.7 Å². The summed E-state index contributed by atoms with van der Waals surface area (Å²) in [6.45, 7) is 3.60. The van der Waals surface area contributed by atoms with Crippen molar-refractivity contribution in [3.63, 3.8) is 0 Å². The molecule has 1 amide bonds. The zero-order valence-electron chi connectivity index (χ0n) is 10.4. The van der Waals surface area contributed by atoms with Crippen LogP contribution in [0.3, 0.4) is 0 Å². The van der Waals surface area contributed by atoms with Crippen molar-refractivity contribution < 1.29 is 23.9 Å². The average molecular weight is 245 g/mol. The first-order valence-corrected chi connectivity index (χ1v) is 5.51. The molecule has 0 aliphatic carbocycles. The van der Waals surface area contributed by atoms with Gasteiger partial charge in [0.05, 0.1) is 20.1 Å². The largest absolute Gasteiger partial charge is 0.466 e. The third kappa shape index (κ3) is 7.32. The lowest BCUT2D eigenvalue weighted by atomic mass is 10.1. The van der Waals surface area contributed by atoms with Crippen LogP contribution in [0.4, 0.5) is 4.79 Å². The number of unbranched alkanes of at least 4 members (excludes halogenated alkanes) is 1. The molecule has 0 aromatic rings. The number of ketones is 1. The Labute approximate surface area is 101 Å². The SMILES string of the molecule is CCCCOC(=O)C[C@H](NC(=O)OC)C(C)=O. The van der Waals surface area contributed by atoms with E-state index < -0.39 is 18.1 Å². The van der Waals surface area contributed by atoms with Gasteiger partial charge in [-0.25, -0.2) is 4.79 Å². The highest BCUT2D eigenvalue weighted by Crippen LogP contribution is 1.99. The van der Waals surface area contributed by atoms with E-state index in [0.717, 1.165) is 12.8 Å². The van der Waals surface area contributed by atoms with Crippen LogP contribution in [0.5, 0.6) is 0 Å². The molecule has 0 radical (unpaired) electrons. The molecule has 0 heterocycles. The molecule has 0 aliphatic rings. The molecule has 0 aliphatic heterocycles. The number of hydrogen-bond acceptors (Lipinski definition) is 5. The first-order chi connectivity index (χ1) is 8.01. The van der Waals surface area contributed by atoms with Crippen molar-refractivity contribution in [2.75, 3.05) is 13.7 Å². The summed E-state index contributed by atoms with van der Waals surface area (Å²) in [5.74, 6) is -0.821. The van der Waals surface area contributed by atoms with Crippen LogP contribution < -0.4 is 5.32 Å². The Bertz CT molecular complexity index is 277. The molecule has 0 aromatic carbocycles. The maximum absolute atomic E-state index is 11.3. The minimum atomic E-state index is -0.892. The van der Waals surface area contributed by atoms with E-state index >= 15 is 0 Å². The van der Waals surface area contributed by atoms with E-state index in [1.54, 1.807) is 0 Å². The van der Waals surface area contributed by atoms with Crippen molar-refractivity contribution in [3.8, 4) is 0 Å². The second-order valence-electron chi connectivity index (χ2n) is 3.58. The summed E-state index contributed by atoms with van der Waals surface area (Å²) >= 11 is 0. The summed E-state index contributed by atoms with van der Waals surface area (Å²) in [5, 5.41) is 2.28. The number of alkyl carbamates (subject to hydrolysis) is 1. The molecule has 0 saturated carbocycles. The first kappa shape index (κ1) is 15.4. The van der Waals surface area contributed by atoms with Crippen molar-refractivity contribution >= 4 is 17.8 Å². The lowest BCUT2D eigenvalue weighted by Crippen LogP contribution is -2.41. The third-order valence-corrected chi connectivity index (χ3v) is 2.10. The van der Waals surface area contributed by atoms with Crippen LogP contribution in [0.25, 0.3) is 0 Å². The summed E-state index contributed by atoms with van der Waals surface area (Å²) in [6, 6.07) is -0.892. The Kier molecular flexibility index (Phi) is 7.75. The Hall–Kier alpha value is -1.59. The van der Waals surface area contributed by atoms with Gasteiger partial charge < -0.3 is 14.8 Å². The summed E-state index contributed by atoms with van der Waals surface area (Å²) < 4.78 is 9.25. The number of nitrogens with one attached hydrogen (secondary N) is 1. The van der Waals surface area contributed by atoms with Gasteiger partial charge in [0.2, 0.25) is 0 Å². The highest BCUT2D eigenvalue weighted by atomic mass is 16.5. The van der Waals surface area contributed by atoms with E-state index in [0.29, 0.717) is 6.61 Å². The number of hydrogen-bond donors (Lipinski definition) is 1. The number of ether oxygens (including phenoxy) is 2. The fourth-order valence-electron chi connectivity index (χ4n) is 1.05. The third-order valence-electron chi connectivity index (χ3n) is 2.10. The molecule has 6 nitrogen and oxygen atoms in total. The minimum Gasteiger partial charge on any atom is -0.466 e. The maximum atomic E-state index is 11.3. The monoisotopic (exact) mass is 245 g/mol. The molecule has 0 unspecified atom stereocenters. The van der Waals surface area contributed by atoms with Crippen LogP contribution in [0.15, 0.2) is 0 Å². The maximum Gasteiger partial charge on any atom is 0.407 e. The Morgan fingerprint density at radius 3 is 2.41 bits per heavy atom. The van der Waals surface area contributed by atoms with E-state index in [1.807, 2.05) is 6.92 Å². The van der Waals surface area contributed by atoms with Gasteiger partial charge in [0, 0.05) is 0 Å². The quantitative estimate of drug-likeness (QED) is 0.535.